The van der Waals surface area contributed by atoms with Gasteiger partial charge in [0.1, 0.15) is 0 Å². The Morgan fingerprint density at radius 1 is 1.08 bits per heavy atom. The van der Waals surface area contributed by atoms with Gasteiger partial charge in [-0.1, -0.05) is 26.7 Å². The minimum absolute atomic E-state index is 0.318. The summed E-state index contributed by atoms with van der Waals surface area (Å²) >= 11 is 0. The minimum Gasteiger partial charge on any atom is -0.391 e. The summed E-state index contributed by atoms with van der Waals surface area (Å²) in [6.07, 6.45) is 1.73. The molecule has 2 atom stereocenters. The van der Waals surface area contributed by atoms with Gasteiger partial charge in [0.25, 0.3) is 0 Å². The van der Waals surface area contributed by atoms with Crippen LogP contribution in [0.3, 0.4) is 0 Å². The molecule has 0 aromatic heterocycles. The van der Waals surface area contributed by atoms with E-state index in [1.54, 1.807) is 0 Å². The lowest BCUT2D eigenvalue weighted by molar-refractivity contribution is 0.0947. The lowest BCUT2D eigenvalue weighted by Gasteiger charge is -2.22. The van der Waals surface area contributed by atoms with Crippen LogP contribution >= 0.6 is 0 Å². The molecule has 0 bridgehead atoms. The van der Waals surface area contributed by atoms with Gasteiger partial charge in [0.2, 0.25) is 0 Å². The zero-order valence-corrected chi connectivity index (χ0v) is 7.95. The van der Waals surface area contributed by atoms with Crippen LogP contribution in [0.15, 0.2) is 0 Å². The van der Waals surface area contributed by atoms with Gasteiger partial charge >= 0.3 is 0 Å². The highest BCUT2D eigenvalue weighted by Gasteiger charge is 2.22. The second-order valence-corrected chi connectivity index (χ2v) is 3.11. The van der Waals surface area contributed by atoms with Gasteiger partial charge in [-0.15, -0.1) is 0 Å². The predicted molar refractivity (Wildman–Crippen MR) is 49.3 cm³/mol. The molecule has 73 valence electrons. The molecule has 4 N–H and O–H groups in total. The standard InChI is InChI=1S/C9H20NO2/c1-3-5-7(11)9(10)8(12)6-4-2/h7-8,11-12H,3-6,10H2,1-2H3. The van der Waals surface area contributed by atoms with Crippen LogP contribution in [0.2, 0.25) is 0 Å². The maximum atomic E-state index is 9.39. The fourth-order valence-corrected chi connectivity index (χ4v) is 1.10. The van der Waals surface area contributed by atoms with Crippen molar-refractivity contribution >= 4 is 0 Å². The Bertz CT molecular complexity index is 96.7. The number of hydrogen-bond acceptors (Lipinski definition) is 3. The van der Waals surface area contributed by atoms with E-state index in [1.807, 2.05) is 13.8 Å². The van der Waals surface area contributed by atoms with Crippen molar-refractivity contribution in [1.82, 2.24) is 0 Å². The predicted octanol–water partition coefficient (Wildman–Crippen LogP) is 0.799. The molecule has 0 spiro atoms. The number of hydrogen-bond donors (Lipinski definition) is 3. The van der Waals surface area contributed by atoms with Crippen LogP contribution in [0.5, 0.6) is 0 Å². The summed E-state index contributed by atoms with van der Waals surface area (Å²) < 4.78 is 0. The number of nitrogens with two attached hydrogens (primary N) is 1. The molecule has 0 saturated carbocycles. The first-order chi connectivity index (χ1) is 5.63. The van der Waals surface area contributed by atoms with Crippen LogP contribution in [0.4, 0.5) is 0 Å². The van der Waals surface area contributed by atoms with Gasteiger partial charge < -0.3 is 15.9 Å². The molecular formula is C9H20NO2. The molecule has 1 radical (unpaired) electrons. The van der Waals surface area contributed by atoms with E-state index in [0.717, 1.165) is 12.8 Å². The highest BCUT2D eigenvalue weighted by Crippen LogP contribution is 2.14. The normalized spacial score (nSPS) is 16.5. The van der Waals surface area contributed by atoms with Crippen molar-refractivity contribution in [2.24, 2.45) is 5.73 Å². The second kappa shape index (κ2) is 6.40. The molecule has 0 aromatic carbocycles. The summed E-state index contributed by atoms with van der Waals surface area (Å²) in [5, 5.41) is 18.8. The molecule has 0 aromatic rings. The molecule has 0 saturated heterocycles. The summed E-state index contributed by atoms with van der Waals surface area (Å²) in [5.74, 6) is 0. The summed E-state index contributed by atoms with van der Waals surface area (Å²) in [4.78, 5) is 0. The zero-order chi connectivity index (χ0) is 9.56. The first kappa shape index (κ1) is 11.9. The summed E-state index contributed by atoms with van der Waals surface area (Å²) in [7, 11) is 0. The summed E-state index contributed by atoms with van der Waals surface area (Å²) in [5.41, 5.74) is 5.55. The van der Waals surface area contributed by atoms with Gasteiger partial charge in [-0.25, -0.2) is 0 Å². The Hall–Kier alpha value is -0.120. The van der Waals surface area contributed by atoms with Crippen LogP contribution in [0.25, 0.3) is 0 Å². The SMILES string of the molecule is CCCC(O)[C](N)C(O)CCC. The number of aliphatic hydroxyl groups excluding tert-OH is 2. The van der Waals surface area contributed by atoms with E-state index in [0.29, 0.717) is 18.9 Å². The van der Waals surface area contributed by atoms with E-state index in [4.69, 9.17) is 5.73 Å². The van der Waals surface area contributed by atoms with Crippen molar-refractivity contribution in [3.63, 3.8) is 0 Å². The van der Waals surface area contributed by atoms with E-state index in [2.05, 4.69) is 0 Å². The largest absolute Gasteiger partial charge is 0.391 e. The highest BCUT2D eigenvalue weighted by molar-refractivity contribution is 4.97. The molecule has 0 heterocycles. The topological polar surface area (TPSA) is 66.5 Å². The molecule has 0 aliphatic carbocycles. The van der Waals surface area contributed by atoms with E-state index in [1.165, 1.54) is 0 Å². The number of aliphatic hydroxyl groups is 2. The van der Waals surface area contributed by atoms with E-state index < -0.39 is 12.2 Å². The van der Waals surface area contributed by atoms with Crippen molar-refractivity contribution in [2.45, 2.75) is 51.7 Å². The maximum Gasteiger partial charge on any atom is 0.0913 e. The van der Waals surface area contributed by atoms with E-state index in [-0.39, 0.29) is 0 Å². The van der Waals surface area contributed by atoms with Gasteiger partial charge in [-0.3, -0.25) is 0 Å². The van der Waals surface area contributed by atoms with Gasteiger partial charge in [0.05, 0.1) is 18.2 Å². The van der Waals surface area contributed by atoms with Crippen LogP contribution in [-0.4, -0.2) is 22.4 Å². The van der Waals surface area contributed by atoms with Crippen molar-refractivity contribution < 1.29 is 10.2 Å². The Balaban J connectivity index is 3.73. The molecule has 0 aliphatic rings. The van der Waals surface area contributed by atoms with Gasteiger partial charge in [-0.2, -0.15) is 0 Å². The zero-order valence-electron chi connectivity index (χ0n) is 7.95. The lowest BCUT2D eigenvalue weighted by Crippen LogP contribution is -2.36. The Labute approximate surface area is 74.6 Å². The molecule has 12 heavy (non-hydrogen) atoms. The van der Waals surface area contributed by atoms with Gasteiger partial charge in [0.15, 0.2) is 0 Å². The Morgan fingerprint density at radius 2 is 1.42 bits per heavy atom. The summed E-state index contributed by atoms with van der Waals surface area (Å²) in [6.45, 7) is 3.95. The molecular weight excluding hydrogens is 154 g/mol. The number of rotatable bonds is 6. The monoisotopic (exact) mass is 174 g/mol. The first-order valence-electron chi connectivity index (χ1n) is 4.61. The molecule has 2 unspecified atom stereocenters. The second-order valence-electron chi connectivity index (χ2n) is 3.11. The van der Waals surface area contributed by atoms with Crippen LogP contribution < -0.4 is 5.73 Å². The smallest absolute Gasteiger partial charge is 0.0913 e. The van der Waals surface area contributed by atoms with Crippen LogP contribution in [0.1, 0.15) is 39.5 Å². The van der Waals surface area contributed by atoms with E-state index in [9.17, 15) is 10.2 Å². The molecule has 0 rings (SSSR count). The molecule has 0 aliphatic heterocycles. The highest BCUT2D eigenvalue weighted by atomic mass is 16.3. The molecule has 0 amide bonds. The van der Waals surface area contributed by atoms with Crippen LogP contribution in [-0.2, 0) is 0 Å². The van der Waals surface area contributed by atoms with Crippen LogP contribution in [0, 0.1) is 6.04 Å². The third-order valence-corrected chi connectivity index (χ3v) is 1.89. The van der Waals surface area contributed by atoms with E-state index >= 15 is 0 Å². The average Bonchev–Trinajstić information content (AvgIpc) is 2.04. The van der Waals surface area contributed by atoms with Crippen molar-refractivity contribution in [3.05, 3.63) is 6.04 Å². The fraction of sp³-hybridized carbons (Fsp3) is 0.889. The fourth-order valence-electron chi connectivity index (χ4n) is 1.10. The van der Waals surface area contributed by atoms with Gasteiger partial charge in [-0.05, 0) is 12.8 Å². The quantitative estimate of drug-likeness (QED) is 0.558. The molecule has 0 fully saturated rings. The third kappa shape index (κ3) is 4.04. The average molecular weight is 174 g/mol. The lowest BCUT2D eigenvalue weighted by atomic mass is 9.99. The third-order valence-electron chi connectivity index (χ3n) is 1.89. The van der Waals surface area contributed by atoms with Gasteiger partial charge in [0, 0.05) is 0 Å². The maximum absolute atomic E-state index is 9.39. The summed E-state index contributed by atoms with van der Waals surface area (Å²) in [6, 6.07) is 0.318. The first-order valence-corrected chi connectivity index (χ1v) is 4.61. The van der Waals surface area contributed by atoms with Crippen molar-refractivity contribution in [1.29, 1.82) is 0 Å². The molecule has 3 nitrogen and oxygen atoms in total. The Kier molecular flexibility index (Phi) is 6.34. The van der Waals surface area contributed by atoms with Crippen molar-refractivity contribution in [2.75, 3.05) is 0 Å². The minimum atomic E-state index is -0.642. The Morgan fingerprint density at radius 3 is 1.67 bits per heavy atom. The van der Waals surface area contributed by atoms with Crippen molar-refractivity contribution in [3.8, 4) is 0 Å². The molecule has 3 heteroatoms.